The number of nitriles is 1. The van der Waals surface area contributed by atoms with Crippen LogP contribution in [0.15, 0.2) is 53.1 Å². The van der Waals surface area contributed by atoms with Gasteiger partial charge in [0.2, 0.25) is 0 Å². The number of nitrogens with zero attached hydrogens (tertiary/aromatic N) is 2. The van der Waals surface area contributed by atoms with Gasteiger partial charge in [-0.25, -0.2) is 4.98 Å². The standard InChI is InChI=1S/C13H9BrN2/c14-13-8-4-7-12(16-13)11(9-15)10-5-2-1-3-6-10/h1-8,11H. The van der Waals surface area contributed by atoms with Crippen LogP contribution >= 0.6 is 15.9 Å². The minimum Gasteiger partial charge on any atom is -0.244 e. The highest BCUT2D eigenvalue weighted by Gasteiger charge is 2.14. The smallest absolute Gasteiger partial charge is 0.113 e. The van der Waals surface area contributed by atoms with Crippen molar-refractivity contribution in [2.45, 2.75) is 5.92 Å². The zero-order chi connectivity index (χ0) is 11.4. The van der Waals surface area contributed by atoms with E-state index in [4.69, 9.17) is 0 Å². The van der Waals surface area contributed by atoms with Crippen LogP contribution in [0.2, 0.25) is 0 Å². The van der Waals surface area contributed by atoms with Crippen LogP contribution in [-0.2, 0) is 0 Å². The maximum absolute atomic E-state index is 9.22. The third-order valence-corrected chi connectivity index (χ3v) is 2.74. The second-order valence-corrected chi connectivity index (χ2v) is 4.17. The summed E-state index contributed by atoms with van der Waals surface area (Å²) >= 11 is 3.31. The molecule has 0 aliphatic rings. The molecular formula is C13H9BrN2. The normalized spacial score (nSPS) is 11.8. The minimum absolute atomic E-state index is 0.307. The van der Waals surface area contributed by atoms with Gasteiger partial charge in [0.15, 0.2) is 0 Å². The molecular weight excluding hydrogens is 264 g/mol. The fourth-order valence-corrected chi connectivity index (χ4v) is 1.90. The zero-order valence-electron chi connectivity index (χ0n) is 8.47. The Bertz CT molecular complexity index is 517. The Labute approximate surface area is 103 Å². The number of pyridine rings is 1. The molecule has 0 saturated heterocycles. The summed E-state index contributed by atoms with van der Waals surface area (Å²) in [5.41, 5.74) is 1.73. The molecule has 1 aromatic carbocycles. The summed E-state index contributed by atoms with van der Waals surface area (Å²) in [4.78, 5) is 4.31. The van der Waals surface area contributed by atoms with Crippen molar-refractivity contribution in [1.82, 2.24) is 4.98 Å². The van der Waals surface area contributed by atoms with Gasteiger partial charge in [0.1, 0.15) is 10.5 Å². The van der Waals surface area contributed by atoms with Crippen LogP contribution in [0.25, 0.3) is 0 Å². The van der Waals surface area contributed by atoms with E-state index in [0.29, 0.717) is 0 Å². The lowest BCUT2D eigenvalue weighted by atomic mass is 9.97. The van der Waals surface area contributed by atoms with Crippen molar-refractivity contribution in [3.8, 4) is 6.07 Å². The summed E-state index contributed by atoms with van der Waals surface area (Å²) < 4.78 is 0.751. The average molecular weight is 273 g/mol. The monoisotopic (exact) mass is 272 g/mol. The first-order valence-electron chi connectivity index (χ1n) is 4.88. The summed E-state index contributed by atoms with van der Waals surface area (Å²) in [6.07, 6.45) is 0. The van der Waals surface area contributed by atoms with Gasteiger partial charge in [-0.1, -0.05) is 36.4 Å². The van der Waals surface area contributed by atoms with E-state index in [2.05, 4.69) is 27.0 Å². The van der Waals surface area contributed by atoms with E-state index >= 15 is 0 Å². The van der Waals surface area contributed by atoms with Crippen LogP contribution in [0, 0.1) is 11.3 Å². The van der Waals surface area contributed by atoms with Gasteiger partial charge in [-0.15, -0.1) is 0 Å². The van der Waals surface area contributed by atoms with Crippen LogP contribution < -0.4 is 0 Å². The highest BCUT2D eigenvalue weighted by Crippen LogP contribution is 2.23. The van der Waals surface area contributed by atoms with Crippen LogP contribution in [0.3, 0.4) is 0 Å². The molecule has 2 rings (SSSR count). The van der Waals surface area contributed by atoms with Crippen LogP contribution in [-0.4, -0.2) is 4.98 Å². The molecule has 2 aromatic rings. The quantitative estimate of drug-likeness (QED) is 0.785. The Morgan fingerprint density at radius 2 is 1.81 bits per heavy atom. The number of benzene rings is 1. The van der Waals surface area contributed by atoms with Gasteiger partial charge in [0.05, 0.1) is 11.8 Å². The van der Waals surface area contributed by atoms with E-state index in [1.807, 2.05) is 48.5 Å². The maximum atomic E-state index is 9.22. The molecule has 78 valence electrons. The van der Waals surface area contributed by atoms with E-state index < -0.39 is 0 Å². The minimum atomic E-state index is -0.307. The Morgan fingerprint density at radius 1 is 1.06 bits per heavy atom. The van der Waals surface area contributed by atoms with Crippen molar-refractivity contribution in [3.05, 3.63) is 64.4 Å². The third-order valence-electron chi connectivity index (χ3n) is 2.29. The number of halogens is 1. The molecule has 3 heteroatoms. The van der Waals surface area contributed by atoms with Gasteiger partial charge in [-0.3, -0.25) is 0 Å². The van der Waals surface area contributed by atoms with Gasteiger partial charge in [0.25, 0.3) is 0 Å². The van der Waals surface area contributed by atoms with Crippen LogP contribution in [0.5, 0.6) is 0 Å². The van der Waals surface area contributed by atoms with Crippen molar-refractivity contribution in [1.29, 1.82) is 5.26 Å². The number of hydrogen-bond donors (Lipinski definition) is 0. The van der Waals surface area contributed by atoms with Gasteiger partial charge in [-0.2, -0.15) is 5.26 Å². The Balaban J connectivity index is 2.42. The summed E-state index contributed by atoms with van der Waals surface area (Å²) in [6.45, 7) is 0. The lowest BCUT2D eigenvalue weighted by Crippen LogP contribution is -2.00. The molecule has 1 heterocycles. The predicted octanol–water partition coefficient (Wildman–Crippen LogP) is 3.50. The molecule has 2 nitrogen and oxygen atoms in total. The first kappa shape index (κ1) is 10.8. The highest BCUT2D eigenvalue weighted by molar-refractivity contribution is 9.10. The summed E-state index contributed by atoms with van der Waals surface area (Å²) in [5.74, 6) is -0.307. The molecule has 0 radical (unpaired) electrons. The van der Waals surface area contributed by atoms with E-state index in [-0.39, 0.29) is 5.92 Å². The molecule has 0 spiro atoms. The van der Waals surface area contributed by atoms with Gasteiger partial charge in [0, 0.05) is 0 Å². The van der Waals surface area contributed by atoms with Gasteiger partial charge >= 0.3 is 0 Å². The maximum Gasteiger partial charge on any atom is 0.113 e. The number of hydrogen-bond acceptors (Lipinski definition) is 2. The molecule has 0 amide bonds. The lowest BCUT2D eigenvalue weighted by Gasteiger charge is -2.08. The molecule has 1 unspecified atom stereocenters. The van der Waals surface area contributed by atoms with Crippen molar-refractivity contribution in [2.75, 3.05) is 0 Å². The molecule has 0 aliphatic heterocycles. The first-order chi connectivity index (χ1) is 7.81. The highest BCUT2D eigenvalue weighted by atomic mass is 79.9. The topological polar surface area (TPSA) is 36.7 Å². The van der Waals surface area contributed by atoms with E-state index in [0.717, 1.165) is 15.9 Å². The summed E-state index contributed by atoms with van der Waals surface area (Å²) in [6, 6.07) is 17.6. The van der Waals surface area contributed by atoms with E-state index in [1.54, 1.807) is 0 Å². The second kappa shape index (κ2) is 4.91. The Kier molecular flexibility index (Phi) is 3.33. The molecule has 1 aromatic heterocycles. The molecule has 16 heavy (non-hydrogen) atoms. The molecule has 0 bridgehead atoms. The fourth-order valence-electron chi connectivity index (χ4n) is 1.54. The average Bonchev–Trinajstić information content (AvgIpc) is 2.31. The van der Waals surface area contributed by atoms with Gasteiger partial charge < -0.3 is 0 Å². The van der Waals surface area contributed by atoms with Crippen molar-refractivity contribution in [2.24, 2.45) is 0 Å². The molecule has 0 aliphatic carbocycles. The molecule has 0 fully saturated rings. The SMILES string of the molecule is N#CC(c1ccccc1)c1cccc(Br)n1. The summed E-state index contributed by atoms with van der Waals surface area (Å²) in [7, 11) is 0. The van der Waals surface area contributed by atoms with Crippen molar-refractivity contribution >= 4 is 15.9 Å². The van der Waals surface area contributed by atoms with Gasteiger partial charge in [-0.05, 0) is 33.6 Å². The van der Waals surface area contributed by atoms with Crippen molar-refractivity contribution in [3.63, 3.8) is 0 Å². The number of aromatic nitrogens is 1. The van der Waals surface area contributed by atoms with Crippen molar-refractivity contribution < 1.29 is 0 Å². The largest absolute Gasteiger partial charge is 0.244 e. The zero-order valence-corrected chi connectivity index (χ0v) is 10.1. The van der Waals surface area contributed by atoms with Crippen LogP contribution in [0.1, 0.15) is 17.2 Å². The Morgan fingerprint density at radius 3 is 2.44 bits per heavy atom. The van der Waals surface area contributed by atoms with Crippen LogP contribution in [0.4, 0.5) is 0 Å². The van der Waals surface area contributed by atoms with E-state index in [9.17, 15) is 5.26 Å². The Hall–Kier alpha value is -1.66. The molecule has 0 N–H and O–H groups in total. The predicted molar refractivity (Wildman–Crippen MR) is 65.8 cm³/mol. The fraction of sp³-hybridized carbons (Fsp3) is 0.0769. The first-order valence-corrected chi connectivity index (χ1v) is 5.67. The van der Waals surface area contributed by atoms with E-state index in [1.165, 1.54) is 0 Å². The third kappa shape index (κ3) is 2.29. The lowest BCUT2D eigenvalue weighted by molar-refractivity contribution is 0.957. The summed E-state index contributed by atoms with van der Waals surface area (Å²) in [5, 5.41) is 9.22. The second-order valence-electron chi connectivity index (χ2n) is 3.36. The molecule has 0 saturated carbocycles. The molecule has 1 atom stereocenters. The number of rotatable bonds is 2.